The fraction of sp³-hybridized carbons (Fsp3) is 0.444. The van der Waals surface area contributed by atoms with E-state index in [9.17, 15) is 19.5 Å². The van der Waals surface area contributed by atoms with Gasteiger partial charge < -0.3 is 20.5 Å². The van der Waals surface area contributed by atoms with Gasteiger partial charge >= 0.3 is 12.1 Å². The second-order valence-corrected chi connectivity index (χ2v) is 9.60. The molecule has 7 heteroatoms. The Morgan fingerprint density at radius 1 is 1.06 bits per heavy atom. The summed E-state index contributed by atoms with van der Waals surface area (Å²) < 4.78 is 5.64. The third-order valence-corrected chi connectivity index (χ3v) is 7.34. The maximum atomic E-state index is 13.2. The molecular formula is C27H32N2O5. The smallest absolute Gasteiger partial charge is 0.408 e. The van der Waals surface area contributed by atoms with Crippen LogP contribution in [0.25, 0.3) is 11.1 Å². The lowest BCUT2D eigenvalue weighted by Gasteiger charge is -2.32. The molecule has 34 heavy (non-hydrogen) atoms. The average Bonchev–Trinajstić information content (AvgIpc) is 3.64. The van der Waals surface area contributed by atoms with E-state index in [-0.39, 0.29) is 24.4 Å². The molecule has 1 fully saturated rings. The Labute approximate surface area is 199 Å². The minimum Gasteiger partial charge on any atom is -0.480 e. The second kappa shape index (κ2) is 9.49. The lowest BCUT2D eigenvalue weighted by atomic mass is 9.92. The topological polar surface area (TPSA) is 105 Å². The molecule has 2 aromatic carbocycles. The highest BCUT2D eigenvalue weighted by Gasteiger charge is 2.49. The van der Waals surface area contributed by atoms with E-state index in [1.807, 2.05) is 43.3 Å². The number of rotatable bonds is 9. The van der Waals surface area contributed by atoms with E-state index in [1.165, 1.54) is 0 Å². The van der Waals surface area contributed by atoms with E-state index in [0.717, 1.165) is 35.1 Å². The van der Waals surface area contributed by atoms with Gasteiger partial charge in [0.1, 0.15) is 18.2 Å². The van der Waals surface area contributed by atoms with Crippen molar-refractivity contribution in [2.24, 2.45) is 11.8 Å². The molecule has 2 aliphatic carbocycles. The molecule has 2 aromatic rings. The van der Waals surface area contributed by atoms with E-state index in [0.29, 0.717) is 6.42 Å². The maximum absolute atomic E-state index is 13.2. The normalized spacial score (nSPS) is 18.1. The fourth-order valence-electron chi connectivity index (χ4n) is 4.83. The van der Waals surface area contributed by atoms with Crippen molar-refractivity contribution in [2.45, 2.75) is 57.5 Å². The third-order valence-electron chi connectivity index (χ3n) is 7.34. The summed E-state index contributed by atoms with van der Waals surface area (Å²) in [5, 5.41) is 15.0. The average molecular weight is 465 g/mol. The number of carboxylic acid groups (broad SMARTS) is 1. The predicted octanol–water partition coefficient (Wildman–Crippen LogP) is 4.31. The molecule has 3 N–H and O–H groups in total. The van der Waals surface area contributed by atoms with Crippen molar-refractivity contribution in [3.63, 3.8) is 0 Å². The molecule has 0 bridgehead atoms. The Kier molecular flexibility index (Phi) is 6.64. The first-order valence-corrected chi connectivity index (χ1v) is 11.9. The second-order valence-electron chi connectivity index (χ2n) is 9.60. The summed E-state index contributed by atoms with van der Waals surface area (Å²) in [6, 6.07) is 15.2. The summed E-state index contributed by atoms with van der Waals surface area (Å²) >= 11 is 0. The lowest BCUT2D eigenvalue weighted by Crippen LogP contribution is -2.61. The van der Waals surface area contributed by atoms with Crippen molar-refractivity contribution in [3.05, 3.63) is 59.7 Å². The summed E-state index contributed by atoms with van der Waals surface area (Å²) in [4.78, 5) is 37.7. The number of fused-ring (bicyclic) bond motifs is 3. The molecule has 0 aliphatic heterocycles. The highest BCUT2D eigenvalue weighted by Crippen LogP contribution is 2.44. The van der Waals surface area contributed by atoms with Crippen molar-refractivity contribution in [3.8, 4) is 11.1 Å². The van der Waals surface area contributed by atoms with Gasteiger partial charge in [-0.25, -0.2) is 9.59 Å². The summed E-state index contributed by atoms with van der Waals surface area (Å²) in [6.07, 6.45) is 1.50. The molecule has 180 valence electrons. The van der Waals surface area contributed by atoms with Crippen LogP contribution >= 0.6 is 0 Å². The largest absolute Gasteiger partial charge is 0.480 e. The highest BCUT2D eigenvalue weighted by atomic mass is 16.5. The van der Waals surface area contributed by atoms with Gasteiger partial charge in [-0.3, -0.25) is 4.79 Å². The number of hydrogen-bond donors (Lipinski definition) is 3. The van der Waals surface area contributed by atoms with E-state index in [2.05, 4.69) is 22.8 Å². The minimum atomic E-state index is -1.23. The van der Waals surface area contributed by atoms with Crippen LogP contribution in [0.1, 0.15) is 57.1 Å². The number of carbonyl (C=O) groups excluding carboxylic acids is 2. The zero-order valence-electron chi connectivity index (χ0n) is 19.8. The van der Waals surface area contributed by atoms with Crippen molar-refractivity contribution >= 4 is 18.0 Å². The van der Waals surface area contributed by atoms with Gasteiger partial charge in [0.2, 0.25) is 5.91 Å². The van der Waals surface area contributed by atoms with Gasteiger partial charge in [0.05, 0.1) is 0 Å². The predicted molar refractivity (Wildman–Crippen MR) is 128 cm³/mol. The standard InChI is InChI=1S/C27H32N2O5/c1-4-16(2)23(24(30)31)28-25(32)27(3,17-13-14-17)29-26(33)34-15-22-20-11-7-5-9-18(20)19-10-6-8-12-21(19)22/h5-12,16-17,22-23H,4,13-15H2,1-3H3,(H,28,32)(H,29,33)(H,30,31). The van der Waals surface area contributed by atoms with Gasteiger partial charge in [0.15, 0.2) is 0 Å². The molecule has 3 atom stereocenters. The van der Waals surface area contributed by atoms with Gasteiger partial charge in [-0.15, -0.1) is 0 Å². The van der Waals surface area contributed by atoms with E-state index < -0.39 is 29.6 Å². The van der Waals surface area contributed by atoms with Crippen LogP contribution in [-0.4, -0.2) is 41.3 Å². The monoisotopic (exact) mass is 464 g/mol. The molecule has 1 saturated carbocycles. The lowest BCUT2D eigenvalue weighted by molar-refractivity contribution is -0.144. The fourth-order valence-corrected chi connectivity index (χ4v) is 4.83. The molecule has 3 unspecified atom stereocenters. The first-order valence-electron chi connectivity index (χ1n) is 11.9. The van der Waals surface area contributed by atoms with Gasteiger partial charge in [0, 0.05) is 5.92 Å². The highest BCUT2D eigenvalue weighted by molar-refractivity contribution is 5.93. The molecular weight excluding hydrogens is 432 g/mol. The Bertz CT molecular complexity index is 1050. The number of carboxylic acids is 1. The molecule has 4 rings (SSSR count). The van der Waals surface area contributed by atoms with Crippen molar-refractivity contribution < 1.29 is 24.2 Å². The summed E-state index contributed by atoms with van der Waals surface area (Å²) in [7, 11) is 0. The molecule has 0 aromatic heterocycles. The van der Waals surface area contributed by atoms with Crippen molar-refractivity contribution in [2.75, 3.05) is 6.61 Å². The first-order chi connectivity index (χ1) is 16.3. The number of nitrogens with one attached hydrogen (secondary N) is 2. The number of aliphatic carboxylic acids is 1. The zero-order valence-corrected chi connectivity index (χ0v) is 19.8. The van der Waals surface area contributed by atoms with Gasteiger partial charge in [-0.05, 0) is 53.9 Å². The van der Waals surface area contributed by atoms with Crippen LogP contribution < -0.4 is 10.6 Å². The number of alkyl carbamates (subject to hydrolysis) is 1. The summed E-state index contributed by atoms with van der Waals surface area (Å²) in [5.74, 6) is -1.95. The Balaban J connectivity index is 1.45. The molecule has 0 radical (unpaired) electrons. The third kappa shape index (κ3) is 4.52. The quantitative estimate of drug-likeness (QED) is 0.513. The molecule has 0 saturated heterocycles. The summed E-state index contributed by atoms with van der Waals surface area (Å²) in [6.45, 7) is 5.46. The minimum absolute atomic E-state index is 0.0561. The van der Waals surface area contributed by atoms with Gasteiger partial charge in [-0.1, -0.05) is 68.8 Å². The van der Waals surface area contributed by atoms with Crippen LogP contribution in [0, 0.1) is 11.8 Å². The van der Waals surface area contributed by atoms with E-state index in [1.54, 1.807) is 13.8 Å². The summed E-state index contributed by atoms with van der Waals surface area (Å²) in [5.41, 5.74) is 3.26. The van der Waals surface area contributed by atoms with Crippen molar-refractivity contribution in [1.29, 1.82) is 0 Å². The van der Waals surface area contributed by atoms with Crippen LogP contribution in [0.2, 0.25) is 0 Å². The molecule has 7 nitrogen and oxygen atoms in total. The van der Waals surface area contributed by atoms with Crippen LogP contribution in [0.5, 0.6) is 0 Å². The Morgan fingerprint density at radius 3 is 2.12 bits per heavy atom. The van der Waals surface area contributed by atoms with E-state index >= 15 is 0 Å². The van der Waals surface area contributed by atoms with Crippen molar-refractivity contribution in [1.82, 2.24) is 10.6 Å². The SMILES string of the molecule is CCC(C)C(NC(=O)C(C)(NC(=O)OCC1c2ccccc2-c2ccccc21)C1CC1)C(=O)O. The maximum Gasteiger partial charge on any atom is 0.408 e. The van der Waals surface area contributed by atoms with Crippen LogP contribution in [-0.2, 0) is 14.3 Å². The van der Waals surface area contributed by atoms with Crippen LogP contribution in [0.4, 0.5) is 4.79 Å². The molecule has 2 amide bonds. The number of amides is 2. The number of carbonyl (C=O) groups is 3. The molecule has 2 aliphatic rings. The van der Waals surface area contributed by atoms with Crippen LogP contribution in [0.3, 0.4) is 0 Å². The van der Waals surface area contributed by atoms with E-state index in [4.69, 9.17) is 4.74 Å². The Hall–Kier alpha value is -3.35. The first kappa shape index (κ1) is 23.8. The van der Waals surface area contributed by atoms with Gasteiger partial charge in [0.25, 0.3) is 0 Å². The molecule has 0 heterocycles. The zero-order chi connectivity index (χ0) is 24.5. The number of ether oxygens (including phenoxy) is 1. The van der Waals surface area contributed by atoms with Crippen LogP contribution in [0.15, 0.2) is 48.5 Å². The number of hydrogen-bond acceptors (Lipinski definition) is 4. The number of benzene rings is 2. The van der Waals surface area contributed by atoms with Gasteiger partial charge in [-0.2, -0.15) is 0 Å². The molecule has 0 spiro atoms. The Morgan fingerprint density at radius 2 is 1.62 bits per heavy atom.